The Balaban J connectivity index is 1.33. The van der Waals surface area contributed by atoms with Gasteiger partial charge in [0.05, 0.1) is 17.8 Å². The molecule has 6 heteroatoms. The first kappa shape index (κ1) is 22.1. The molecule has 3 aliphatic rings. The fourth-order valence-corrected chi connectivity index (χ4v) is 4.94. The maximum atomic E-state index is 13.8. The lowest BCUT2D eigenvalue weighted by Gasteiger charge is -2.34. The fourth-order valence-electron chi connectivity index (χ4n) is 4.94. The van der Waals surface area contributed by atoms with E-state index in [1.807, 2.05) is 6.07 Å². The molecular weight excluding hydrogens is 419 g/mol. The van der Waals surface area contributed by atoms with Gasteiger partial charge in [-0.05, 0) is 69.8 Å². The highest BCUT2D eigenvalue weighted by molar-refractivity contribution is 6.36. The molecule has 174 valence electrons. The zero-order chi connectivity index (χ0) is 23.2. The van der Waals surface area contributed by atoms with Gasteiger partial charge < -0.3 is 14.8 Å². The second-order valence-corrected chi connectivity index (χ2v) is 10.3. The van der Waals surface area contributed by atoms with Crippen molar-refractivity contribution in [2.24, 2.45) is 5.92 Å². The molecule has 3 heterocycles. The average Bonchev–Trinajstić information content (AvgIpc) is 3.31. The quantitative estimate of drug-likeness (QED) is 0.651. The smallest absolute Gasteiger partial charge is 0.260 e. The monoisotopic (exact) mass is 450 g/mol. The second kappa shape index (κ2) is 8.58. The molecule has 0 spiro atoms. The minimum atomic E-state index is -0.371. The highest BCUT2D eigenvalue weighted by Crippen LogP contribution is 2.42. The number of benzene rings is 2. The van der Waals surface area contributed by atoms with Crippen molar-refractivity contribution in [3.05, 3.63) is 64.5 Å². The van der Waals surface area contributed by atoms with Crippen molar-refractivity contribution in [2.45, 2.75) is 52.4 Å². The summed E-state index contributed by atoms with van der Waals surface area (Å²) >= 11 is 0. The number of nitrogens with one attached hydrogen (secondary N) is 1. The normalized spacial score (nSPS) is 22.7. The summed E-state index contributed by atoms with van der Waals surface area (Å²) in [4.78, 5) is 15.1. The van der Waals surface area contributed by atoms with Crippen molar-refractivity contribution in [3.8, 4) is 0 Å². The number of amides is 1. The third-order valence-electron chi connectivity index (χ3n) is 6.50. The van der Waals surface area contributed by atoms with Gasteiger partial charge in [-0.25, -0.2) is 4.39 Å². The molecule has 0 saturated carbocycles. The molecule has 0 aromatic heterocycles. The molecule has 1 N–H and O–H groups in total. The van der Waals surface area contributed by atoms with Gasteiger partial charge in [-0.15, -0.1) is 0 Å². The molecule has 5 nitrogen and oxygen atoms in total. The molecule has 1 amide bonds. The van der Waals surface area contributed by atoms with Crippen LogP contribution in [0.3, 0.4) is 0 Å². The maximum absolute atomic E-state index is 13.8. The van der Waals surface area contributed by atoms with E-state index in [1.165, 1.54) is 30.5 Å². The Bertz CT molecular complexity index is 1120. The lowest BCUT2D eigenvalue weighted by atomic mass is 9.96. The molecule has 3 aliphatic heterocycles. The van der Waals surface area contributed by atoms with Gasteiger partial charge in [-0.3, -0.25) is 9.69 Å². The van der Waals surface area contributed by atoms with E-state index in [9.17, 15) is 9.18 Å². The Hall–Kier alpha value is -2.70. The number of hydrogen-bond acceptors (Lipinski definition) is 4. The number of anilines is 1. The molecule has 33 heavy (non-hydrogen) atoms. The van der Waals surface area contributed by atoms with Gasteiger partial charge in [-0.2, -0.15) is 0 Å². The number of fused-ring (bicyclic) bond motifs is 2. The van der Waals surface area contributed by atoms with E-state index in [1.54, 1.807) is 6.07 Å². The van der Waals surface area contributed by atoms with Crippen LogP contribution >= 0.6 is 0 Å². The largest absolute Gasteiger partial charge is 0.487 e. The third kappa shape index (κ3) is 4.68. The Labute approximate surface area is 194 Å². The van der Waals surface area contributed by atoms with E-state index in [0.29, 0.717) is 35.1 Å². The number of ether oxygens (including phenoxy) is 2. The Morgan fingerprint density at radius 1 is 1.18 bits per heavy atom. The number of likely N-dealkylation sites (tertiary alicyclic amines) is 1. The van der Waals surface area contributed by atoms with Crippen LogP contribution in [-0.4, -0.2) is 36.1 Å². The van der Waals surface area contributed by atoms with E-state index >= 15 is 0 Å². The minimum absolute atomic E-state index is 0.100. The molecule has 1 atom stereocenters. The van der Waals surface area contributed by atoms with Gasteiger partial charge >= 0.3 is 0 Å². The summed E-state index contributed by atoms with van der Waals surface area (Å²) in [5, 5.41) is 2.81. The molecule has 5 rings (SSSR count). The van der Waals surface area contributed by atoms with Crippen molar-refractivity contribution < 1.29 is 18.7 Å². The zero-order valence-electron chi connectivity index (χ0n) is 19.5. The van der Waals surface area contributed by atoms with Crippen LogP contribution < -0.4 is 5.32 Å². The lowest BCUT2D eigenvalue weighted by Crippen LogP contribution is -2.38. The van der Waals surface area contributed by atoms with Crippen molar-refractivity contribution in [1.82, 2.24) is 4.90 Å². The lowest BCUT2D eigenvalue weighted by molar-refractivity contribution is -0.110. The van der Waals surface area contributed by atoms with Crippen LogP contribution in [0.4, 0.5) is 10.1 Å². The molecular formula is C27H31FN2O3. The van der Waals surface area contributed by atoms with E-state index in [4.69, 9.17) is 9.47 Å². The summed E-state index contributed by atoms with van der Waals surface area (Å²) in [6, 6.07) is 10.7. The summed E-state index contributed by atoms with van der Waals surface area (Å²) in [5.41, 5.74) is 4.71. The first-order valence-electron chi connectivity index (χ1n) is 11.7. The van der Waals surface area contributed by atoms with Gasteiger partial charge in [0.25, 0.3) is 5.91 Å². The number of halogens is 1. The van der Waals surface area contributed by atoms with Crippen LogP contribution in [0.25, 0.3) is 11.3 Å². The summed E-state index contributed by atoms with van der Waals surface area (Å²) < 4.78 is 25.8. The van der Waals surface area contributed by atoms with Crippen LogP contribution in [0, 0.1) is 11.7 Å². The second-order valence-electron chi connectivity index (χ2n) is 10.3. The van der Waals surface area contributed by atoms with Crippen molar-refractivity contribution in [3.63, 3.8) is 0 Å². The number of piperidine rings is 1. The Morgan fingerprint density at radius 3 is 2.85 bits per heavy atom. The molecule has 0 radical (unpaired) electrons. The molecule has 0 aliphatic carbocycles. The van der Waals surface area contributed by atoms with Crippen molar-refractivity contribution in [1.29, 1.82) is 0 Å². The first-order valence-corrected chi connectivity index (χ1v) is 11.7. The summed E-state index contributed by atoms with van der Waals surface area (Å²) in [5.74, 6) is 0.480. The standard InChI is InChI=1S/C27H31FN2O3/c1-27(2,3)33-15-18-5-4-10-30(14-18)13-17-6-8-21-19(11-17)16-32-25(21)24-22-12-20(28)7-9-23(22)29-26(24)31/h6-9,11-12,18H,4-5,10,13-16H2,1-3H3,(H,29,31)/b25-24+. The molecule has 1 fully saturated rings. The Kier molecular flexibility index (Phi) is 5.75. The molecule has 1 unspecified atom stereocenters. The van der Waals surface area contributed by atoms with Crippen LogP contribution in [0.5, 0.6) is 0 Å². The molecule has 2 aromatic carbocycles. The predicted molar refractivity (Wildman–Crippen MR) is 127 cm³/mol. The number of rotatable bonds is 4. The maximum Gasteiger partial charge on any atom is 0.260 e. The number of nitrogens with zero attached hydrogens (tertiary/aromatic N) is 1. The summed E-state index contributed by atoms with van der Waals surface area (Å²) in [6.45, 7) is 10.6. The van der Waals surface area contributed by atoms with E-state index in [0.717, 1.165) is 37.4 Å². The first-order chi connectivity index (χ1) is 15.8. The van der Waals surface area contributed by atoms with Gasteiger partial charge in [0.15, 0.2) is 0 Å². The molecule has 0 bridgehead atoms. The van der Waals surface area contributed by atoms with Gasteiger partial charge in [0.2, 0.25) is 0 Å². The van der Waals surface area contributed by atoms with Gasteiger partial charge in [-0.1, -0.05) is 18.2 Å². The highest BCUT2D eigenvalue weighted by atomic mass is 19.1. The van der Waals surface area contributed by atoms with Crippen LogP contribution in [0.15, 0.2) is 36.4 Å². The molecule has 2 aromatic rings. The zero-order valence-corrected chi connectivity index (χ0v) is 19.5. The van der Waals surface area contributed by atoms with E-state index < -0.39 is 0 Å². The average molecular weight is 451 g/mol. The van der Waals surface area contributed by atoms with Crippen LogP contribution in [0.2, 0.25) is 0 Å². The van der Waals surface area contributed by atoms with Crippen molar-refractivity contribution in [2.75, 3.05) is 25.0 Å². The third-order valence-corrected chi connectivity index (χ3v) is 6.50. The predicted octanol–water partition coefficient (Wildman–Crippen LogP) is 5.20. The SMILES string of the molecule is CC(C)(C)OCC1CCCN(Cc2ccc3c(c2)CO/C3=C2/C(=O)Nc3ccc(F)cc32)C1. The van der Waals surface area contributed by atoms with E-state index in [2.05, 4.69) is 43.1 Å². The number of hydrogen-bond donors (Lipinski definition) is 1. The van der Waals surface area contributed by atoms with Crippen LogP contribution in [-0.2, 0) is 27.4 Å². The van der Waals surface area contributed by atoms with Crippen molar-refractivity contribution >= 4 is 22.9 Å². The summed E-state index contributed by atoms with van der Waals surface area (Å²) in [7, 11) is 0. The van der Waals surface area contributed by atoms with Gasteiger partial charge in [0, 0.05) is 35.5 Å². The van der Waals surface area contributed by atoms with Crippen LogP contribution in [0.1, 0.15) is 55.9 Å². The fraction of sp³-hybridized carbons (Fsp3) is 0.444. The summed E-state index contributed by atoms with van der Waals surface area (Å²) in [6.07, 6.45) is 2.40. The topological polar surface area (TPSA) is 50.8 Å². The molecule has 1 saturated heterocycles. The van der Waals surface area contributed by atoms with E-state index in [-0.39, 0.29) is 17.3 Å². The number of carbonyl (C=O) groups excluding carboxylic acids is 1. The highest BCUT2D eigenvalue weighted by Gasteiger charge is 2.33. The Morgan fingerprint density at radius 2 is 2.03 bits per heavy atom. The minimum Gasteiger partial charge on any atom is -0.487 e. The number of carbonyl (C=O) groups is 1. The van der Waals surface area contributed by atoms with Gasteiger partial charge in [0.1, 0.15) is 18.2 Å².